The van der Waals surface area contributed by atoms with Crippen molar-refractivity contribution in [3.8, 4) is 0 Å². The Hall–Kier alpha value is -2.26. The lowest BCUT2D eigenvalue weighted by atomic mass is 10.0. The fraction of sp³-hybridized carbons (Fsp3) is 0.375. The second-order valence-corrected chi connectivity index (χ2v) is 6.47. The van der Waals surface area contributed by atoms with E-state index in [1.807, 2.05) is 0 Å². The van der Waals surface area contributed by atoms with Gasteiger partial charge in [0, 0.05) is 44.1 Å². The third kappa shape index (κ3) is 2.51. The SMILES string of the molecule is [C-]#[N+]c1cc(N2CC3CN(c4cc(F)ccc4Cl)CC3C2)no1. The standard InChI is InChI=1S/C16H14ClFN4O/c1-19-16-5-15(20-23-16)22-8-10-6-21(7-11(10)9-22)14-4-12(18)2-3-13(14)17/h2-5,10-11H,6-9H2. The van der Waals surface area contributed by atoms with Crippen LogP contribution >= 0.6 is 11.6 Å². The molecule has 118 valence electrons. The molecule has 2 aromatic rings. The molecule has 23 heavy (non-hydrogen) atoms. The van der Waals surface area contributed by atoms with Gasteiger partial charge in [-0.3, -0.25) is 0 Å². The minimum absolute atomic E-state index is 0.213. The van der Waals surface area contributed by atoms with Crippen LogP contribution in [0.25, 0.3) is 4.85 Å². The third-order valence-electron chi connectivity index (χ3n) is 4.65. The zero-order valence-electron chi connectivity index (χ0n) is 12.2. The van der Waals surface area contributed by atoms with Crippen molar-refractivity contribution in [2.24, 2.45) is 11.8 Å². The average Bonchev–Trinajstić information content (AvgIpc) is 3.22. The number of rotatable bonds is 2. The average molecular weight is 333 g/mol. The molecule has 2 aliphatic rings. The van der Waals surface area contributed by atoms with Gasteiger partial charge in [0.05, 0.1) is 17.3 Å². The molecule has 7 heteroatoms. The Morgan fingerprint density at radius 1 is 1.17 bits per heavy atom. The van der Waals surface area contributed by atoms with Gasteiger partial charge in [-0.25, -0.2) is 4.39 Å². The van der Waals surface area contributed by atoms with Gasteiger partial charge >= 0.3 is 5.88 Å². The molecule has 0 radical (unpaired) electrons. The number of anilines is 2. The summed E-state index contributed by atoms with van der Waals surface area (Å²) >= 11 is 6.21. The maximum Gasteiger partial charge on any atom is 0.369 e. The molecule has 0 bridgehead atoms. The van der Waals surface area contributed by atoms with Gasteiger partial charge in [-0.2, -0.15) is 4.85 Å². The number of aromatic nitrogens is 1. The van der Waals surface area contributed by atoms with Crippen molar-refractivity contribution in [3.05, 3.63) is 46.5 Å². The summed E-state index contributed by atoms with van der Waals surface area (Å²) in [6, 6.07) is 6.16. The van der Waals surface area contributed by atoms with Gasteiger partial charge in [0.15, 0.2) is 5.82 Å². The number of fused-ring (bicyclic) bond motifs is 1. The lowest BCUT2D eigenvalue weighted by molar-refractivity contribution is 0.439. The van der Waals surface area contributed by atoms with Gasteiger partial charge in [-0.15, -0.1) is 0 Å². The van der Waals surface area contributed by atoms with Gasteiger partial charge in [0.1, 0.15) is 5.82 Å². The molecule has 0 N–H and O–H groups in total. The van der Waals surface area contributed by atoms with Crippen molar-refractivity contribution < 1.29 is 8.91 Å². The van der Waals surface area contributed by atoms with Crippen LogP contribution in [0.1, 0.15) is 0 Å². The van der Waals surface area contributed by atoms with E-state index in [0.29, 0.717) is 16.9 Å². The van der Waals surface area contributed by atoms with E-state index >= 15 is 0 Å². The Balaban J connectivity index is 1.48. The van der Waals surface area contributed by atoms with E-state index < -0.39 is 0 Å². The molecule has 0 saturated carbocycles. The summed E-state index contributed by atoms with van der Waals surface area (Å²) in [7, 11) is 0. The highest BCUT2D eigenvalue weighted by Crippen LogP contribution is 2.38. The van der Waals surface area contributed by atoms with Crippen LogP contribution in [-0.4, -0.2) is 31.3 Å². The Morgan fingerprint density at radius 3 is 2.52 bits per heavy atom. The Labute approximate surface area is 138 Å². The van der Waals surface area contributed by atoms with E-state index in [2.05, 4.69) is 19.8 Å². The van der Waals surface area contributed by atoms with E-state index in [9.17, 15) is 4.39 Å². The largest absolute Gasteiger partial charge is 0.370 e. The fourth-order valence-electron chi connectivity index (χ4n) is 3.56. The van der Waals surface area contributed by atoms with Gasteiger partial charge in [-0.05, 0) is 18.2 Å². The quantitative estimate of drug-likeness (QED) is 0.788. The third-order valence-corrected chi connectivity index (χ3v) is 4.97. The first-order chi connectivity index (χ1) is 11.1. The van der Waals surface area contributed by atoms with E-state index in [1.165, 1.54) is 12.1 Å². The molecule has 2 saturated heterocycles. The smallest absolute Gasteiger partial charge is 0.369 e. The van der Waals surface area contributed by atoms with Crippen molar-refractivity contribution >= 4 is 29.0 Å². The summed E-state index contributed by atoms with van der Waals surface area (Å²) in [6.07, 6.45) is 0. The minimum atomic E-state index is -0.266. The second-order valence-electron chi connectivity index (χ2n) is 6.06. The predicted octanol–water partition coefficient (Wildman–Crippen LogP) is 3.59. The summed E-state index contributed by atoms with van der Waals surface area (Å²) in [5.74, 6) is 1.62. The molecule has 2 fully saturated rings. The monoisotopic (exact) mass is 332 g/mol. The van der Waals surface area contributed by atoms with Crippen LogP contribution in [0.5, 0.6) is 0 Å². The molecule has 5 nitrogen and oxygen atoms in total. The summed E-state index contributed by atoms with van der Waals surface area (Å²) in [5.41, 5.74) is 0.768. The molecule has 0 amide bonds. The highest BCUT2D eigenvalue weighted by molar-refractivity contribution is 6.33. The Morgan fingerprint density at radius 2 is 1.87 bits per heavy atom. The number of benzene rings is 1. The molecular weight excluding hydrogens is 319 g/mol. The van der Waals surface area contributed by atoms with Crippen molar-refractivity contribution in [1.82, 2.24) is 5.16 Å². The van der Waals surface area contributed by atoms with Gasteiger partial charge < -0.3 is 14.3 Å². The van der Waals surface area contributed by atoms with Gasteiger partial charge in [0.2, 0.25) is 0 Å². The number of hydrogen-bond donors (Lipinski definition) is 0. The van der Waals surface area contributed by atoms with Crippen LogP contribution in [0.4, 0.5) is 21.8 Å². The van der Waals surface area contributed by atoms with Crippen LogP contribution in [0.3, 0.4) is 0 Å². The molecule has 3 heterocycles. The molecule has 2 unspecified atom stereocenters. The van der Waals surface area contributed by atoms with Crippen LogP contribution in [0.15, 0.2) is 28.8 Å². The maximum absolute atomic E-state index is 13.5. The van der Waals surface area contributed by atoms with Crippen LogP contribution in [0.2, 0.25) is 5.02 Å². The molecule has 0 aliphatic carbocycles. The normalized spacial score (nSPS) is 23.2. The highest BCUT2D eigenvalue weighted by atomic mass is 35.5. The van der Waals surface area contributed by atoms with Crippen LogP contribution in [0, 0.1) is 24.2 Å². The van der Waals surface area contributed by atoms with Crippen molar-refractivity contribution in [2.75, 3.05) is 36.0 Å². The molecule has 2 atom stereocenters. The van der Waals surface area contributed by atoms with Crippen molar-refractivity contribution in [2.45, 2.75) is 0 Å². The summed E-state index contributed by atoms with van der Waals surface area (Å²) in [6.45, 7) is 10.3. The van der Waals surface area contributed by atoms with Gasteiger partial charge in [-0.1, -0.05) is 16.8 Å². The van der Waals surface area contributed by atoms with Crippen LogP contribution < -0.4 is 9.80 Å². The predicted molar refractivity (Wildman–Crippen MR) is 85.6 cm³/mol. The molecular formula is C16H14ClFN4O. The molecule has 1 aromatic carbocycles. The number of halogens is 2. The lowest BCUT2D eigenvalue weighted by Gasteiger charge is -2.23. The summed E-state index contributed by atoms with van der Waals surface area (Å²) < 4.78 is 18.4. The second kappa shape index (κ2) is 5.43. The zero-order valence-corrected chi connectivity index (χ0v) is 13.0. The summed E-state index contributed by atoms with van der Waals surface area (Å²) in [4.78, 5) is 7.55. The van der Waals surface area contributed by atoms with Gasteiger partial charge in [0.25, 0.3) is 0 Å². The van der Waals surface area contributed by atoms with Crippen LogP contribution in [-0.2, 0) is 0 Å². The van der Waals surface area contributed by atoms with Crippen molar-refractivity contribution in [3.63, 3.8) is 0 Å². The highest BCUT2D eigenvalue weighted by Gasteiger charge is 2.41. The Kier molecular flexibility index (Phi) is 3.38. The number of nitrogens with zero attached hydrogens (tertiary/aromatic N) is 4. The van der Waals surface area contributed by atoms with E-state index in [1.54, 1.807) is 12.1 Å². The first kappa shape index (κ1) is 14.3. The van der Waals surface area contributed by atoms with E-state index in [-0.39, 0.29) is 11.7 Å². The van der Waals surface area contributed by atoms with E-state index in [4.69, 9.17) is 22.7 Å². The first-order valence-corrected chi connectivity index (χ1v) is 7.81. The van der Waals surface area contributed by atoms with Crippen molar-refractivity contribution in [1.29, 1.82) is 0 Å². The molecule has 1 aromatic heterocycles. The topological polar surface area (TPSA) is 36.9 Å². The lowest BCUT2D eigenvalue weighted by Crippen LogP contribution is -2.29. The minimum Gasteiger partial charge on any atom is -0.370 e. The zero-order chi connectivity index (χ0) is 16.0. The number of hydrogen-bond acceptors (Lipinski definition) is 4. The molecule has 2 aliphatic heterocycles. The fourth-order valence-corrected chi connectivity index (χ4v) is 3.80. The van der Waals surface area contributed by atoms with E-state index in [0.717, 1.165) is 37.7 Å². The maximum atomic E-state index is 13.5. The summed E-state index contributed by atoms with van der Waals surface area (Å²) in [5, 5.41) is 4.54. The Bertz CT molecular complexity index is 773. The molecule has 0 spiro atoms. The first-order valence-electron chi connectivity index (χ1n) is 7.43. The molecule has 4 rings (SSSR count).